The number of allylic oxidation sites excluding steroid dienone is 1. The van der Waals surface area contributed by atoms with Crippen molar-refractivity contribution in [2.75, 3.05) is 7.11 Å². The van der Waals surface area contributed by atoms with Crippen molar-refractivity contribution in [3.63, 3.8) is 0 Å². The van der Waals surface area contributed by atoms with Crippen LogP contribution in [0, 0.1) is 10.1 Å². The van der Waals surface area contributed by atoms with Gasteiger partial charge >= 0.3 is 0 Å². The van der Waals surface area contributed by atoms with E-state index in [1.54, 1.807) is 30.3 Å². The van der Waals surface area contributed by atoms with Crippen molar-refractivity contribution in [1.29, 1.82) is 0 Å². The number of halogens is 1. The van der Waals surface area contributed by atoms with E-state index in [0.29, 0.717) is 21.9 Å². The lowest BCUT2D eigenvalue weighted by Crippen LogP contribution is -1.99. The van der Waals surface area contributed by atoms with Gasteiger partial charge in [0.1, 0.15) is 5.75 Å². The molecular weight excluding hydrogens is 306 g/mol. The molecule has 0 radical (unpaired) electrons. The molecule has 0 spiro atoms. The van der Waals surface area contributed by atoms with Gasteiger partial charge in [0.25, 0.3) is 5.69 Å². The number of carbonyl (C=O) groups excluding carboxylic acids is 1. The third-order valence-corrected chi connectivity index (χ3v) is 3.21. The zero-order chi connectivity index (χ0) is 16.1. The molecular formula is C16H12ClNO4. The summed E-state index contributed by atoms with van der Waals surface area (Å²) in [6.07, 6.45) is 2.66. The fourth-order valence-corrected chi connectivity index (χ4v) is 2.09. The summed E-state index contributed by atoms with van der Waals surface area (Å²) >= 11 is 5.88. The van der Waals surface area contributed by atoms with Gasteiger partial charge in [0.15, 0.2) is 5.78 Å². The van der Waals surface area contributed by atoms with Crippen molar-refractivity contribution in [3.05, 3.63) is 74.8 Å². The van der Waals surface area contributed by atoms with Crippen LogP contribution in [0.25, 0.3) is 6.08 Å². The molecule has 2 rings (SSSR count). The largest absolute Gasteiger partial charge is 0.496 e. The van der Waals surface area contributed by atoms with Gasteiger partial charge in [-0.25, -0.2) is 0 Å². The van der Waals surface area contributed by atoms with E-state index in [2.05, 4.69) is 0 Å². The van der Waals surface area contributed by atoms with E-state index < -0.39 is 4.92 Å². The summed E-state index contributed by atoms with van der Waals surface area (Å²) in [5.74, 6) is 0.0408. The number of methoxy groups -OCH3 is 1. The highest BCUT2D eigenvalue weighted by Crippen LogP contribution is 2.24. The van der Waals surface area contributed by atoms with E-state index in [0.717, 1.165) is 0 Å². The molecule has 0 aliphatic rings. The Kier molecular flexibility index (Phi) is 4.91. The van der Waals surface area contributed by atoms with Crippen LogP contribution in [0.4, 0.5) is 5.69 Å². The van der Waals surface area contributed by atoms with Crippen LogP contribution in [0.2, 0.25) is 5.02 Å². The summed E-state index contributed by atoms with van der Waals surface area (Å²) in [5.41, 5.74) is 0.580. The van der Waals surface area contributed by atoms with E-state index in [-0.39, 0.29) is 11.5 Å². The maximum atomic E-state index is 12.2. The number of hydrogen-bond acceptors (Lipinski definition) is 4. The van der Waals surface area contributed by atoms with Gasteiger partial charge in [-0.05, 0) is 36.4 Å². The minimum atomic E-state index is -0.496. The van der Waals surface area contributed by atoms with Crippen molar-refractivity contribution in [3.8, 4) is 5.75 Å². The normalized spacial score (nSPS) is 10.6. The number of benzene rings is 2. The number of rotatable bonds is 5. The van der Waals surface area contributed by atoms with Crippen molar-refractivity contribution in [2.45, 2.75) is 0 Å². The molecule has 2 aromatic carbocycles. The third-order valence-electron chi connectivity index (χ3n) is 2.97. The van der Waals surface area contributed by atoms with E-state index in [1.807, 2.05) is 0 Å². The topological polar surface area (TPSA) is 69.4 Å². The molecule has 6 heteroatoms. The van der Waals surface area contributed by atoms with E-state index in [1.165, 1.54) is 31.4 Å². The lowest BCUT2D eigenvalue weighted by atomic mass is 10.1. The van der Waals surface area contributed by atoms with E-state index in [9.17, 15) is 14.9 Å². The molecule has 0 saturated heterocycles. The molecule has 22 heavy (non-hydrogen) atoms. The van der Waals surface area contributed by atoms with E-state index in [4.69, 9.17) is 16.3 Å². The molecule has 0 fully saturated rings. The Morgan fingerprint density at radius 3 is 2.68 bits per heavy atom. The Labute approximate surface area is 131 Å². The number of nitro groups is 1. The molecule has 0 saturated carbocycles. The zero-order valence-electron chi connectivity index (χ0n) is 11.7. The number of hydrogen-bond donors (Lipinski definition) is 0. The molecule has 112 valence electrons. The second-order valence-electron chi connectivity index (χ2n) is 4.36. The average Bonchev–Trinajstić information content (AvgIpc) is 2.52. The van der Waals surface area contributed by atoms with Crippen molar-refractivity contribution in [2.24, 2.45) is 0 Å². The highest BCUT2D eigenvalue weighted by molar-refractivity contribution is 6.31. The summed E-state index contributed by atoms with van der Waals surface area (Å²) in [6, 6.07) is 10.9. The quantitative estimate of drug-likeness (QED) is 0.359. The van der Waals surface area contributed by atoms with Crippen molar-refractivity contribution in [1.82, 2.24) is 0 Å². The summed E-state index contributed by atoms with van der Waals surface area (Å²) in [7, 11) is 1.45. The second kappa shape index (κ2) is 6.87. The average molecular weight is 318 g/mol. The first kappa shape index (κ1) is 15.7. The number of nitrogens with zero attached hydrogens (tertiary/aromatic N) is 1. The molecule has 0 bridgehead atoms. The monoisotopic (exact) mass is 317 g/mol. The van der Waals surface area contributed by atoms with Crippen LogP contribution < -0.4 is 4.74 Å². The Balaban J connectivity index is 2.33. The number of carbonyl (C=O) groups is 1. The van der Waals surface area contributed by atoms with Crippen LogP contribution >= 0.6 is 11.6 Å². The van der Waals surface area contributed by atoms with E-state index >= 15 is 0 Å². The lowest BCUT2D eigenvalue weighted by Gasteiger charge is -2.05. The molecule has 0 unspecified atom stereocenters. The third kappa shape index (κ3) is 3.51. The first-order valence-corrected chi connectivity index (χ1v) is 6.70. The van der Waals surface area contributed by atoms with Gasteiger partial charge < -0.3 is 4.74 Å². The molecule has 0 heterocycles. The SMILES string of the molecule is COc1ccc(Cl)cc1C(=O)/C=C/c1ccccc1[N+](=O)[O-]. The Hall–Kier alpha value is -2.66. The number of para-hydroxylation sites is 1. The maximum Gasteiger partial charge on any atom is 0.276 e. The van der Waals surface area contributed by atoms with Crippen LogP contribution in [-0.4, -0.2) is 17.8 Å². The van der Waals surface area contributed by atoms with Crippen molar-refractivity contribution < 1.29 is 14.5 Å². The minimum absolute atomic E-state index is 0.0652. The van der Waals surface area contributed by atoms with Gasteiger partial charge in [-0.3, -0.25) is 14.9 Å². The summed E-state index contributed by atoms with van der Waals surface area (Å²) in [6.45, 7) is 0. The number of ketones is 1. The van der Waals surface area contributed by atoms with Gasteiger partial charge in [0.2, 0.25) is 0 Å². The first-order chi connectivity index (χ1) is 10.5. The molecule has 0 amide bonds. The predicted molar refractivity (Wildman–Crippen MR) is 84.5 cm³/mol. The van der Waals surface area contributed by atoms with Gasteiger partial charge in [-0.15, -0.1) is 0 Å². The Morgan fingerprint density at radius 2 is 2.00 bits per heavy atom. The number of nitro benzene ring substituents is 1. The van der Waals surface area contributed by atoms with Crippen molar-refractivity contribution >= 4 is 29.1 Å². The smallest absolute Gasteiger partial charge is 0.276 e. The summed E-state index contributed by atoms with van der Waals surface area (Å²) < 4.78 is 5.11. The fraction of sp³-hybridized carbons (Fsp3) is 0.0625. The van der Waals surface area contributed by atoms with Gasteiger partial charge in [-0.2, -0.15) is 0 Å². The molecule has 0 atom stereocenters. The molecule has 5 nitrogen and oxygen atoms in total. The van der Waals surface area contributed by atoms with Gasteiger partial charge in [0, 0.05) is 11.1 Å². The molecule has 0 aliphatic heterocycles. The van der Waals surface area contributed by atoms with Crippen LogP contribution in [0.3, 0.4) is 0 Å². The fourth-order valence-electron chi connectivity index (χ4n) is 1.92. The molecule has 2 aromatic rings. The predicted octanol–water partition coefficient (Wildman–Crippen LogP) is 4.15. The van der Waals surface area contributed by atoms with Gasteiger partial charge in [-0.1, -0.05) is 23.7 Å². The van der Waals surface area contributed by atoms with Crippen LogP contribution in [-0.2, 0) is 0 Å². The number of ether oxygens (including phenoxy) is 1. The second-order valence-corrected chi connectivity index (χ2v) is 4.79. The zero-order valence-corrected chi connectivity index (χ0v) is 12.4. The highest BCUT2D eigenvalue weighted by Gasteiger charge is 2.12. The highest BCUT2D eigenvalue weighted by atomic mass is 35.5. The lowest BCUT2D eigenvalue weighted by molar-refractivity contribution is -0.385. The summed E-state index contributed by atoms with van der Waals surface area (Å²) in [5, 5.41) is 11.3. The van der Waals surface area contributed by atoms with Gasteiger partial charge in [0.05, 0.1) is 23.2 Å². The molecule has 0 aliphatic carbocycles. The molecule has 0 N–H and O–H groups in total. The molecule has 0 aromatic heterocycles. The van der Waals surface area contributed by atoms with Crippen LogP contribution in [0.15, 0.2) is 48.5 Å². The Morgan fingerprint density at radius 1 is 1.27 bits per heavy atom. The van der Waals surface area contributed by atoms with Crippen LogP contribution in [0.5, 0.6) is 5.75 Å². The standard InChI is InChI=1S/C16H12ClNO4/c1-22-16-9-7-12(17)10-13(16)15(19)8-6-11-4-2-3-5-14(11)18(20)21/h2-10H,1H3/b8-6+. The minimum Gasteiger partial charge on any atom is -0.496 e. The maximum absolute atomic E-state index is 12.2. The Bertz CT molecular complexity index is 756. The summed E-state index contributed by atoms with van der Waals surface area (Å²) in [4.78, 5) is 22.7. The van der Waals surface area contributed by atoms with Crippen LogP contribution in [0.1, 0.15) is 15.9 Å². The first-order valence-electron chi connectivity index (χ1n) is 6.32.